The van der Waals surface area contributed by atoms with Crippen molar-refractivity contribution >= 4 is 29.9 Å². The number of unbranched alkanes of at least 4 members (excludes halogenated alkanes) is 1. The molecule has 1 saturated heterocycles. The molecule has 0 radical (unpaired) electrons. The highest BCUT2D eigenvalue weighted by Crippen LogP contribution is 2.18. The SMILES string of the molecule is CCNC(=NCCCCN1CCC(C)CC1)NC1CC1.I. The van der Waals surface area contributed by atoms with Gasteiger partial charge in [0, 0.05) is 19.1 Å². The first-order valence-electron chi connectivity index (χ1n) is 8.55. The third kappa shape index (κ3) is 8.24. The van der Waals surface area contributed by atoms with Crippen molar-refractivity contribution in [1.82, 2.24) is 15.5 Å². The standard InChI is InChI=1S/C16H32N4.HI/c1-3-17-16(19-15-6-7-15)18-10-4-5-11-20-12-8-14(2)9-13-20;/h14-15H,3-13H2,1-2H3,(H2,17,18,19);1H. The lowest BCUT2D eigenvalue weighted by atomic mass is 9.99. The molecule has 124 valence electrons. The maximum atomic E-state index is 4.66. The van der Waals surface area contributed by atoms with Crippen molar-refractivity contribution in [3.8, 4) is 0 Å². The number of nitrogens with zero attached hydrogens (tertiary/aromatic N) is 2. The number of guanidine groups is 1. The molecule has 2 N–H and O–H groups in total. The summed E-state index contributed by atoms with van der Waals surface area (Å²) < 4.78 is 0. The van der Waals surface area contributed by atoms with Crippen LogP contribution >= 0.6 is 24.0 Å². The summed E-state index contributed by atoms with van der Waals surface area (Å²) >= 11 is 0. The van der Waals surface area contributed by atoms with Crippen LogP contribution < -0.4 is 10.6 Å². The predicted molar refractivity (Wildman–Crippen MR) is 102 cm³/mol. The molecule has 0 atom stereocenters. The molecule has 0 aromatic carbocycles. The maximum absolute atomic E-state index is 4.66. The zero-order chi connectivity index (χ0) is 14.2. The third-order valence-corrected chi connectivity index (χ3v) is 4.29. The largest absolute Gasteiger partial charge is 0.357 e. The number of hydrogen-bond acceptors (Lipinski definition) is 2. The van der Waals surface area contributed by atoms with Crippen LogP contribution in [0.15, 0.2) is 4.99 Å². The van der Waals surface area contributed by atoms with Crippen molar-refractivity contribution in [3.05, 3.63) is 0 Å². The van der Waals surface area contributed by atoms with E-state index in [4.69, 9.17) is 0 Å². The van der Waals surface area contributed by atoms with Gasteiger partial charge in [0.25, 0.3) is 0 Å². The first-order chi connectivity index (χ1) is 9.78. The van der Waals surface area contributed by atoms with Crippen LogP contribution in [0, 0.1) is 5.92 Å². The van der Waals surface area contributed by atoms with E-state index in [-0.39, 0.29) is 24.0 Å². The van der Waals surface area contributed by atoms with Crippen LogP contribution in [-0.4, -0.2) is 49.6 Å². The van der Waals surface area contributed by atoms with Crippen molar-refractivity contribution in [1.29, 1.82) is 0 Å². The summed E-state index contributed by atoms with van der Waals surface area (Å²) in [6.07, 6.45) is 7.85. The Morgan fingerprint density at radius 3 is 2.48 bits per heavy atom. The summed E-state index contributed by atoms with van der Waals surface area (Å²) in [5.74, 6) is 1.95. The van der Waals surface area contributed by atoms with Crippen LogP contribution in [0.3, 0.4) is 0 Å². The minimum absolute atomic E-state index is 0. The molecule has 1 aliphatic carbocycles. The zero-order valence-corrected chi connectivity index (χ0v) is 16.1. The van der Waals surface area contributed by atoms with E-state index in [2.05, 4.69) is 34.4 Å². The summed E-state index contributed by atoms with van der Waals surface area (Å²) in [5.41, 5.74) is 0. The topological polar surface area (TPSA) is 39.7 Å². The van der Waals surface area contributed by atoms with Crippen LogP contribution in [0.2, 0.25) is 0 Å². The number of hydrogen-bond donors (Lipinski definition) is 2. The summed E-state index contributed by atoms with van der Waals surface area (Å²) in [6.45, 7) is 10.3. The van der Waals surface area contributed by atoms with Crippen LogP contribution in [0.1, 0.15) is 52.4 Å². The van der Waals surface area contributed by atoms with Gasteiger partial charge in [0.05, 0.1) is 0 Å². The Balaban J connectivity index is 0.00000220. The minimum Gasteiger partial charge on any atom is -0.357 e. The average molecular weight is 408 g/mol. The van der Waals surface area contributed by atoms with E-state index in [0.29, 0.717) is 6.04 Å². The lowest BCUT2D eigenvalue weighted by Gasteiger charge is -2.30. The maximum Gasteiger partial charge on any atom is 0.191 e. The fraction of sp³-hybridized carbons (Fsp3) is 0.938. The van der Waals surface area contributed by atoms with Crippen LogP contribution in [-0.2, 0) is 0 Å². The van der Waals surface area contributed by atoms with E-state index in [1.165, 1.54) is 58.2 Å². The van der Waals surface area contributed by atoms with Gasteiger partial charge in [-0.1, -0.05) is 6.92 Å². The number of likely N-dealkylation sites (tertiary alicyclic amines) is 1. The minimum atomic E-state index is 0. The van der Waals surface area contributed by atoms with E-state index in [0.717, 1.165) is 25.0 Å². The lowest BCUT2D eigenvalue weighted by Crippen LogP contribution is -2.38. The molecule has 0 amide bonds. The average Bonchev–Trinajstić information content (AvgIpc) is 3.24. The van der Waals surface area contributed by atoms with Crippen molar-refractivity contribution in [2.75, 3.05) is 32.7 Å². The summed E-state index contributed by atoms with van der Waals surface area (Å²) in [4.78, 5) is 7.29. The fourth-order valence-electron chi connectivity index (χ4n) is 2.66. The van der Waals surface area contributed by atoms with Gasteiger partial charge in [-0.15, -0.1) is 24.0 Å². The molecule has 0 aromatic rings. The molecule has 2 fully saturated rings. The highest BCUT2D eigenvalue weighted by atomic mass is 127. The Kier molecular flexibility index (Phi) is 9.64. The van der Waals surface area contributed by atoms with E-state index in [9.17, 15) is 0 Å². The van der Waals surface area contributed by atoms with E-state index in [1.54, 1.807) is 0 Å². The van der Waals surface area contributed by atoms with E-state index in [1.807, 2.05) is 0 Å². The van der Waals surface area contributed by atoms with Crippen molar-refractivity contribution in [2.45, 2.75) is 58.4 Å². The van der Waals surface area contributed by atoms with Crippen LogP contribution in [0.4, 0.5) is 0 Å². The summed E-state index contributed by atoms with van der Waals surface area (Å²) in [6, 6.07) is 0.683. The van der Waals surface area contributed by atoms with Gasteiger partial charge >= 0.3 is 0 Å². The van der Waals surface area contributed by atoms with Crippen molar-refractivity contribution in [2.24, 2.45) is 10.9 Å². The van der Waals surface area contributed by atoms with Crippen molar-refractivity contribution in [3.63, 3.8) is 0 Å². The number of piperidine rings is 1. The highest BCUT2D eigenvalue weighted by Gasteiger charge is 2.22. The van der Waals surface area contributed by atoms with Gasteiger partial charge in [-0.2, -0.15) is 0 Å². The molecule has 0 bridgehead atoms. The Labute approximate surface area is 147 Å². The second-order valence-corrected chi connectivity index (χ2v) is 6.41. The molecule has 4 nitrogen and oxygen atoms in total. The Morgan fingerprint density at radius 2 is 1.86 bits per heavy atom. The molecule has 0 aromatic heterocycles. The van der Waals surface area contributed by atoms with Crippen molar-refractivity contribution < 1.29 is 0 Å². The Hall–Kier alpha value is -0.0400. The normalized spacial score (nSPS) is 21.0. The van der Waals surface area contributed by atoms with Gasteiger partial charge in [0.2, 0.25) is 0 Å². The van der Waals surface area contributed by atoms with Gasteiger partial charge in [-0.05, 0) is 71.0 Å². The number of aliphatic imine (C=N–C) groups is 1. The van der Waals surface area contributed by atoms with Gasteiger partial charge in [0.1, 0.15) is 0 Å². The first-order valence-corrected chi connectivity index (χ1v) is 8.55. The monoisotopic (exact) mass is 408 g/mol. The first kappa shape index (κ1) is 19.0. The van der Waals surface area contributed by atoms with Gasteiger partial charge in [-0.25, -0.2) is 0 Å². The van der Waals surface area contributed by atoms with Crippen LogP contribution in [0.25, 0.3) is 0 Å². The molecule has 0 spiro atoms. The molecule has 1 saturated carbocycles. The number of rotatable bonds is 7. The molecule has 2 aliphatic rings. The molecule has 21 heavy (non-hydrogen) atoms. The fourth-order valence-corrected chi connectivity index (χ4v) is 2.66. The molecule has 5 heteroatoms. The third-order valence-electron chi connectivity index (χ3n) is 4.29. The summed E-state index contributed by atoms with van der Waals surface area (Å²) in [5, 5.41) is 6.79. The van der Waals surface area contributed by atoms with Gasteiger partial charge in [-0.3, -0.25) is 4.99 Å². The lowest BCUT2D eigenvalue weighted by molar-refractivity contribution is 0.190. The molecule has 2 rings (SSSR count). The molecule has 1 aliphatic heterocycles. The quantitative estimate of drug-likeness (QED) is 0.295. The molecular weight excluding hydrogens is 375 g/mol. The van der Waals surface area contributed by atoms with Gasteiger partial charge in [0.15, 0.2) is 5.96 Å². The number of halogens is 1. The zero-order valence-electron chi connectivity index (χ0n) is 13.7. The van der Waals surface area contributed by atoms with Gasteiger partial charge < -0.3 is 15.5 Å². The second kappa shape index (κ2) is 10.6. The number of nitrogens with one attached hydrogen (secondary N) is 2. The highest BCUT2D eigenvalue weighted by molar-refractivity contribution is 14.0. The molecular formula is C16H33IN4. The Morgan fingerprint density at radius 1 is 1.14 bits per heavy atom. The second-order valence-electron chi connectivity index (χ2n) is 6.41. The van der Waals surface area contributed by atoms with E-state index < -0.39 is 0 Å². The molecule has 1 heterocycles. The molecule has 0 unspecified atom stereocenters. The smallest absolute Gasteiger partial charge is 0.191 e. The van der Waals surface area contributed by atoms with Crippen LogP contribution in [0.5, 0.6) is 0 Å². The predicted octanol–water partition coefficient (Wildman–Crippen LogP) is 2.83. The van der Waals surface area contributed by atoms with E-state index >= 15 is 0 Å². The Bertz CT molecular complexity index is 297. The summed E-state index contributed by atoms with van der Waals surface area (Å²) in [7, 11) is 0.